The Balaban J connectivity index is 0.00000338. The van der Waals surface area contributed by atoms with E-state index in [1.165, 1.54) is 0 Å². The minimum Gasteiger partial charge on any atom is -0.497 e. The van der Waals surface area contributed by atoms with E-state index in [4.69, 9.17) is 4.74 Å². The highest BCUT2D eigenvalue weighted by Crippen LogP contribution is 2.17. The van der Waals surface area contributed by atoms with Crippen LogP contribution in [0.2, 0.25) is 0 Å². The number of ether oxygens (including phenoxy) is 1. The van der Waals surface area contributed by atoms with Gasteiger partial charge < -0.3 is 20.3 Å². The summed E-state index contributed by atoms with van der Waals surface area (Å²) in [5, 5.41) is 6.74. The summed E-state index contributed by atoms with van der Waals surface area (Å²) in [6.07, 6.45) is 1.52. The maximum atomic E-state index is 11.8. The first-order valence-corrected chi connectivity index (χ1v) is 9.02. The van der Waals surface area contributed by atoms with Crippen molar-refractivity contribution >= 4 is 35.8 Å². The monoisotopic (exact) mass is 474 g/mol. The number of guanidine groups is 1. The van der Waals surface area contributed by atoms with Crippen molar-refractivity contribution in [1.29, 1.82) is 0 Å². The first-order valence-electron chi connectivity index (χ1n) is 9.02. The number of aryl methyl sites for hydroxylation is 1. The molecule has 1 atom stereocenters. The lowest BCUT2D eigenvalue weighted by atomic mass is 10.1. The van der Waals surface area contributed by atoms with Crippen LogP contribution >= 0.6 is 24.0 Å². The summed E-state index contributed by atoms with van der Waals surface area (Å²) < 4.78 is 5.33. The average Bonchev–Trinajstić information content (AvgIpc) is 3.07. The molecule has 146 valence electrons. The number of benzene rings is 1. The van der Waals surface area contributed by atoms with Crippen molar-refractivity contribution < 1.29 is 9.53 Å². The molecule has 1 aromatic carbocycles. The second-order valence-corrected chi connectivity index (χ2v) is 6.38. The fourth-order valence-corrected chi connectivity index (χ4v) is 3.05. The van der Waals surface area contributed by atoms with Crippen molar-refractivity contribution in [3.05, 3.63) is 29.3 Å². The van der Waals surface area contributed by atoms with E-state index in [2.05, 4.69) is 35.5 Å². The molecule has 0 bridgehead atoms. The summed E-state index contributed by atoms with van der Waals surface area (Å²) in [5.74, 6) is 1.87. The molecule has 2 N–H and O–H groups in total. The number of carbonyl (C=O) groups is 1. The molecular formula is C19H31IN4O2. The second kappa shape index (κ2) is 11.3. The Kier molecular flexibility index (Phi) is 9.75. The summed E-state index contributed by atoms with van der Waals surface area (Å²) >= 11 is 0. The zero-order chi connectivity index (χ0) is 18.2. The van der Waals surface area contributed by atoms with Gasteiger partial charge in [0.2, 0.25) is 5.91 Å². The molecule has 1 aliphatic rings. The largest absolute Gasteiger partial charge is 0.497 e. The second-order valence-electron chi connectivity index (χ2n) is 6.38. The number of carbonyl (C=O) groups excluding carboxylic acids is 1. The first-order chi connectivity index (χ1) is 12.0. The van der Waals surface area contributed by atoms with E-state index in [0.29, 0.717) is 13.0 Å². The van der Waals surface area contributed by atoms with Gasteiger partial charge >= 0.3 is 0 Å². The Labute approximate surface area is 173 Å². The van der Waals surface area contributed by atoms with Gasteiger partial charge in [-0.1, -0.05) is 13.0 Å². The van der Waals surface area contributed by atoms with Crippen LogP contribution < -0.4 is 15.4 Å². The topological polar surface area (TPSA) is 66.0 Å². The highest BCUT2D eigenvalue weighted by molar-refractivity contribution is 14.0. The van der Waals surface area contributed by atoms with Crippen LogP contribution in [0.3, 0.4) is 0 Å². The van der Waals surface area contributed by atoms with Crippen molar-refractivity contribution in [2.24, 2.45) is 4.99 Å². The third-order valence-corrected chi connectivity index (χ3v) is 4.29. The molecule has 0 aliphatic carbocycles. The van der Waals surface area contributed by atoms with Crippen LogP contribution in [-0.2, 0) is 11.3 Å². The maximum absolute atomic E-state index is 11.8. The van der Waals surface area contributed by atoms with E-state index < -0.39 is 0 Å². The Morgan fingerprint density at radius 1 is 1.35 bits per heavy atom. The molecule has 0 radical (unpaired) electrons. The third kappa shape index (κ3) is 6.66. The van der Waals surface area contributed by atoms with Gasteiger partial charge in [0.05, 0.1) is 13.7 Å². The van der Waals surface area contributed by atoms with Crippen LogP contribution in [0.1, 0.15) is 37.8 Å². The van der Waals surface area contributed by atoms with Crippen molar-refractivity contribution in [2.75, 3.05) is 26.7 Å². The summed E-state index contributed by atoms with van der Waals surface area (Å²) in [5.41, 5.74) is 2.27. The molecule has 1 heterocycles. The maximum Gasteiger partial charge on any atom is 0.222 e. The first kappa shape index (κ1) is 22.5. The van der Waals surface area contributed by atoms with Gasteiger partial charge in [0.1, 0.15) is 5.75 Å². The van der Waals surface area contributed by atoms with Gasteiger partial charge in [-0.25, -0.2) is 4.99 Å². The molecule has 0 aromatic heterocycles. The molecule has 26 heavy (non-hydrogen) atoms. The number of methoxy groups -OCH3 is 1. The Hall–Kier alpha value is -1.51. The highest BCUT2D eigenvalue weighted by Gasteiger charge is 2.25. The van der Waals surface area contributed by atoms with E-state index in [9.17, 15) is 4.79 Å². The molecule has 0 saturated carbocycles. The van der Waals surface area contributed by atoms with Gasteiger partial charge in [-0.3, -0.25) is 4.79 Å². The van der Waals surface area contributed by atoms with Crippen LogP contribution in [0.5, 0.6) is 5.75 Å². The number of hydrogen-bond donors (Lipinski definition) is 2. The lowest BCUT2D eigenvalue weighted by Gasteiger charge is -2.18. The number of rotatable bonds is 6. The van der Waals surface area contributed by atoms with E-state index in [-0.39, 0.29) is 35.9 Å². The van der Waals surface area contributed by atoms with Crippen molar-refractivity contribution in [3.63, 3.8) is 0 Å². The molecule has 0 spiro atoms. The number of hydrogen-bond acceptors (Lipinski definition) is 3. The molecule has 1 aliphatic heterocycles. The molecule has 1 saturated heterocycles. The Bertz CT molecular complexity index is 622. The third-order valence-electron chi connectivity index (χ3n) is 4.29. The molecule has 1 unspecified atom stereocenters. The molecule has 1 amide bonds. The van der Waals surface area contributed by atoms with Gasteiger partial charge in [0.25, 0.3) is 0 Å². The average molecular weight is 474 g/mol. The van der Waals surface area contributed by atoms with Crippen LogP contribution in [0, 0.1) is 6.92 Å². The fourth-order valence-electron chi connectivity index (χ4n) is 3.05. The van der Waals surface area contributed by atoms with E-state index in [0.717, 1.165) is 48.9 Å². The van der Waals surface area contributed by atoms with Gasteiger partial charge in [0.15, 0.2) is 5.96 Å². The summed E-state index contributed by atoms with van der Waals surface area (Å²) in [4.78, 5) is 18.4. The number of likely N-dealkylation sites (tertiary alicyclic amines) is 1. The predicted molar refractivity (Wildman–Crippen MR) is 116 cm³/mol. The summed E-state index contributed by atoms with van der Waals surface area (Å²) in [6.45, 7) is 8.95. The Morgan fingerprint density at radius 2 is 2.12 bits per heavy atom. The zero-order valence-electron chi connectivity index (χ0n) is 16.2. The van der Waals surface area contributed by atoms with E-state index in [1.807, 2.05) is 24.0 Å². The number of aliphatic imine (C=N–C) groups is 1. The molecule has 2 rings (SSSR count). The van der Waals surface area contributed by atoms with Crippen LogP contribution in [0.4, 0.5) is 0 Å². The van der Waals surface area contributed by atoms with Gasteiger partial charge in [-0.2, -0.15) is 0 Å². The van der Waals surface area contributed by atoms with E-state index in [1.54, 1.807) is 7.11 Å². The summed E-state index contributed by atoms with van der Waals surface area (Å²) in [7, 11) is 1.68. The van der Waals surface area contributed by atoms with Gasteiger partial charge in [-0.15, -0.1) is 24.0 Å². The Morgan fingerprint density at radius 3 is 2.77 bits per heavy atom. The highest BCUT2D eigenvalue weighted by atomic mass is 127. The molecule has 1 aromatic rings. The summed E-state index contributed by atoms with van der Waals surface area (Å²) in [6, 6.07) is 6.39. The molecular weight excluding hydrogens is 443 g/mol. The van der Waals surface area contributed by atoms with Gasteiger partial charge in [-0.05, 0) is 43.5 Å². The minimum atomic E-state index is 0. The standard InChI is InChI=1S/C19H30N4O2.HI/c1-5-18(24)23-8-7-16(13-23)22-19(20-6-2)21-12-15-9-14(3)10-17(11-15)25-4;/h9-11,16H,5-8,12-13H2,1-4H3,(H2,20,21,22);1H. The van der Waals surface area contributed by atoms with E-state index >= 15 is 0 Å². The molecule has 1 fully saturated rings. The number of nitrogens with zero attached hydrogens (tertiary/aromatic N) is 2. The smallest absolute Gasteiger partial charge is 0.222 e. The predicted octanol–water partition coefficient (Wildman–Crippen LogP) is 2.69. The van der Waals surface area contributed by atoms with Gasteiger partial charge in [0, 0.05) is 32.1 Å². The SMILES string of the molecule is CCNC(=NCc1cc(C)cc(OC)c1)NC1CCN(C(=O)CC)C1.I. The van der Waals surface area contributed by atoms with Crippen molar-refractivity contribution in [3.8, 4) is 5.75 Å². The number of halogens is 1. The fraction of sp³-hybridized carbons (Fsp3) is 0.579. The quantitative estimate of drug-likeness (QED) is 0.378. The van der Waals surface area contributed by atoms with Crippen molar-refractivity contribution in [2.45, 2.75) is 46.2 Å². The lowest BCUT2D eigenvalue weighted by molar-refractivity contribution is -0.129. The van der Waals surface area contributed by atoms with Crippen LogP contribution in [0.25, 0.3) is 0 Å². The lowest BCUT2D eigenvalue weighted by Crippen LogP contribution is -2.45. The number of amides is 1. The molecule has 6 nitrogen and oxygen atoms in total. The van der Waals surface area contributed by atoms with Crippen LogP contribution in [-0.4, -0.2) is 49.6 Å². The van der Waals surface area contributed by atoms with Crippen LogP contribution in [0.15, 0.2) is 23.2 Å². The van der Waals surface area contributed by atoms with Crippen molar-refractivity contribution in [1.82, 2.24) is 15.5 Å². The zero-order valence-corrected chi connectivity index (χ0v) is 18.5. The molecule has 7 heteroatoms. The number of nitrogens with one attached hydrogen (secondary N) is 2. The minimum absolute atomic E-state index is 0. The normalized spacial score (nSPS) is 16.8.